The maximum absolute atomic E-state index is 11.3. The highest BCUT2D eigenvalue weighted by Crippen LogP contribution is 2.00. The molecule has 0 fully saturated rings. The Morgan fingerprint density at radius 2 is 2.00 bits per heavy atom. The average molecular weight is 253 g/mol. The van der Waals surface area contributed by atoms with Gasteiger partial charge in [0.1, 0.15) is 9.84 Å². The number of nitrogens with one attached hydrogen (secondary N) is 2. The molecule has 1 rings (SSSR count). The number of aromatic nitrogens is 2. The fourth-order valence-corrected chi connectivity index (χ4v) is 3.38. The Morgan fingerprint density at radius 1 is 1.33 bits per heavy atom. The van der Waals surface area contributed by atoms with Crippen LogP contribution in [-0.4, -0.2) is 44.6 Å². The summed E-state index contributed by atoms with van der Waals surface area (Å²) in [5, 5.41) is 0. The molecule has 0 bridgehead atoms. The highest BCUT2D eigenvalue weighted by molar-refractivity contribution is 7.95. The maximum atomic E-state index is 11.3. The molecule has 0 spiro atoms. The van der Waals surface area contributed by atoms with Gasteiger partial charge in [-0.05, 0) is 0 Å². The number of imidazole rings is 1. The summed E-state index contributed by atoms with van der Waals surface area (Å²) in [4.78, 5) is 6.19. The van der Waals surface area contributed by atoms with Crippen molar-refractivity contribution in [2.45, 2.75) is 0 Å². The van der Waals surface area contributed by atoms with Crippen molar-refractivity contribution in [3.63, 3.8) is 0 Å². The van der Waals surface area contributed by atoms with Gasteiger partial charge < -0.3 is 4.98 Å². The molecule has 0 saturated carbocycles. The van der Waals surface area contributed by atoms with E-state index in [9.17, 15) is 16.8 Å². The standard InChI is InChI=1S/C6H11N3O4S2/c1-14(10,11)4-5-15(12,13)9-6-7-2-3-8-6/h2-3H,4-5H2,1H3,(H2,7,8,9). The van der Waals surface area contributed by atoms with Crippen molar-refractivity contribution in [3.05, 3.63) is 12.4 Å². The molecule has 2 N–H and O–H groups in total. The van der Waals surface area contributed by atoms with E-state index < -0.39 is 31.4 Å². The number of sulfonamides is 1. The van der Waals surface area contributed by atoms with Crippen LogP contribution in [0.2, 0.25) is 0 Å². The highest BCUT2D eigenvalue weighted by Gasteiger charge is 2.15. The first-order valence-corrected chi connectivity index (χ1v) is 7.67. The van der Waals surface area contributed by atoms with Crippen LogP contribution in [0.3, 0.4) is 0 Å². The minimum Gasteiger partial charge on any atom is -0.330 e. The van der Waals surface area contributed by atoms with Crippen LogP contribution in [0.15, 0.2) is 12.4 Å². The quantitative estimate of drug-likeness (QED) is 0.713. The first-order chi connectivity index (χ1) is 6.79. The van der Waals surface area contributed by atoms with E-state index in [4.69, 9.17) is 0 Å². The van der Waals surface area contributed by atoms with Crippen molar-refractivity contribution in [2.24, 2.45) is 0 Å². The monoisotopic (exact) mass is 253 g/mol. The van der Waals surface area contributed by atoms with Gasteiger partial charge >= 0.3 is 0 Å². The molecule has 0 amide bonds. The van der Waals surface area contributed by atoms with E-state index >= 15 is 0 Å². The molecule has 0 aliphatic heterocycles. The van der Waals surface area contributed by atoms with Crippen LogP contribution >= 0.6 is 0 Å². The van der Waals surface area contributed by atoms with Gasteiger partial charge in [0.05, 0.1) is 11.5 Å². The first kappa shape index (κ1) is 12.0. The van der Waals surface area contributed by atoms with Crippen LogP contribution in [0.4, 0.5) is 5.95 Å². The zero-order valence-corrected chi connectivity index (χ0v) is 9.60. The van der Waals surface area contributed by atoms with Gasteiger partial charge in [-0.2, -0.15) is 0 Å². The van der Waals surface area contributed by atoms with Gasteiger partial charge in [0, 0.05) is 18.6 Å². The van der Waals surface area contributed by atoms with E-state index in [0.29, 0.717) is 0 Å². The van der Waals surface area contributed by atoms with Gasteiger partial charge in [-0.15, -0.1) is 0 Å². The molecule has 0 radical (unpaired) electrons. The first-order valence-electron chi connectivity index (χ1n) is 3.96. The second-order valence-electron chi connectivity index (χ2n) is 2.99. The van der Waals surface area contributed by atoms with Crippen LogP contribution in [0.25, 0.3) is 0 Å². The minimum atomic E-state index is -3.66. The molecule has 0 aliphatic rings. The van der Waals surface area contributed by atoms with E-state index in [1.54, 1.807) is 0 Å². The van der Waals surface area contributed by atoms with Crippen molar-refractivity contribution < 1.29 is 16.8 Å². The number of anilines is 1. The molecule has 0 aliphatic carbocycles. The van der Waals surface area contributed by atoms with Gasteiger partial charge in [-0.1, -0.05) is 0 Å². The number of rotatable bonds is 5. The Balaban J connectivity index is 2.61. The normalized spacial score (nSPS) is 12.6. The zero-order valence-electron chi connectivity index (χ0n) is 7.97. The van der Waals surface area contributed by atoms with E-state index in [2.05, 4.69) is 14.7 Å². The van der Waals surface area contributed by atoms with Crippen molar-refractivity contribution in [2.75, 3.05) is 22.5 Å². The molecule has 0 atom stereocenters. The number of H-pyrrole nitrogens is 1. The molecule has 15 heavy (non-hydrogen) atoms. The Labute approximate surface area is 87.9 Å². The molecule has 7 nitrogen and oxygen atoms in total. The molecule has 9 heteroatoms. The summed E-state index contributed by atoms with van der Waals surface area (Å²) in [6.45, 7) is 0. The summed E-state index contributed by atoms with van der Waals surface area (Å²) in [5.41, 5.74) is 0. The fourth-order valence-electron chi connectivity index (χ4n) is 0.780. The molecule has 86 valence electrons. The maximum Gasteiger partial charge on any atom is 0.236 e. The van der Waals surface area contributed by atoms with E-state index in [-0.39, 0.29) is 5.95 Å². The number of nitrogens with zero attached hydrogens (tertiary/aromatic N) is 1. The lowest BCUT2D eigenvalue weighted by molar-refractivity contribution is 0.593. The molecule has 1 heterocycles. The SMILES string of the molecule is CS(=O)(=O)CCS(=O)(=O)Nc1ncc[nH]1. The van der Waals surface area contributed by atoms with E-state index in [0.717, 1.165) is 6.26 Å². The molecule has 0 unspecified atom stereocenters. The second-order valence-corrected chi connectivity index (χ2v) is 7.09. The Hall–Kier alpha value is -1.09. The third kappa shape index (κ3) is 4.79. The average Bonchev–Trinajstić information content (AvgIpc) is 2.52. The molecule has 1 aromatic rings. The van der Waals surface area contributed by atoms with Crippen LogP contribution in [0.5, 0.6) is 0 Å². The lowest BCUT2D eigenvalue weighted by atomic mass is 11.0. The minimum absolute atomic E-state index is 0.0727. The van der Waals surface area contributed by atoms with Crippen molar-refractivity contribution in [1.82, 2.24) is 9.97 Å². The van der Waals surface area contributed by atoms with Crippen LogP contribution in [0.1, 0.15) is 0 Å². The van der Waals surface area contributed by atoms with Crippen molar-refractivity contribution in [3.8, 4) is 0 Å². The van der Waals surface area contributed by atoms with Crippen molar-refractivity contribution >= 4 is 25.8 Å². The fraction of sp³-hybridized carbons (Fsp3) is 0.500. The zero-order chi connectivity index (χ0) is 11.5. The summed E-state index contributed by atoms with van der Waals surface area (Å²) in [7, 11) is -6.95. The summed E-state index contributed by atoms with van der Waals surface area (Å²) < 4.78 is 46.3. The Kier molecular flexibility index (Phi) is 3.35. The number of aromatic amines is 1. The third-order valence-electron chi connectivity index (χ3n) is 1.47. The summed E-state index contributed by atoms with van der Waals surface area (Å²) in [5.74, 6) is -0.821. The van der Waals surface area contributed by atoms with Crippen LogP contribution in [0, 0.1) is 0 Å². The van der Waals surface area contributed by atoms with E-state index in [1.807, 2.05) is 0 Å². The molecular weight excluding hydrogens is 242 g/mol. The molecular formula is C6H11N3O4S2. The van der Waals surface area contributed by atoms with E-state index in [1.165, 1.54) is 12.4 Å². The molecule has 0 saturated heterocycles. The van der Waals surface area contributed by atoms with Gasteiger partial charge in [-0.25, -0.2) is 21.8 Å². The van der Waals surface area contributed by atoms with Crippen molar-refractivity contribution in [1.29, 1.82) is 0 Å². The van der Waals surface area contributed by atoms with Gasteiger partial charge in [0.2, 0.25) is 16.0 Å². The van der Waals surface area contributed by atoms with Gasteiger partial charge in [-0.3, -0.25) is 4.72 Å². The highest BCUT2D eigenvalue weighted by atomic mass is 32.2. The van der Waals surface area contributed by atoms with Crippen LogP contribution in [-0.2, 0) is 19.9 Å². The number of sulfone groups is 1. The third-order valence-corrected chi connectivity index (χ3v) is 3.92. The summed E-state index contributed by atoms with van der Waals surface area (Å²) >= 11 is 0. The Morgan fingerprint density at radius 3 is 2.47 bits per heavy atom. The summed E-state index contributed by atoms with van der Waals surface area (Å²) in [6.07, 6.45) is 3.82. The van der Waals surface area contributed by atoms with Gasteiger partial charge in [0.25, 0.3) is 0 Å². The summed E-state index contributed by atoms with van der Waals surface area (Å²) in [6, 6.07) is 0. The second kappa shape index (κ2) is 4.19. The lowest BCUT2D eigenvalue weighted by Crippen LogP contribution is -2.22. The number of hydrogen-bond donors (Lipinski definition) is 2. The molecule has 1 aromatic heterocycles. The predicted molar refractivity (Wildman–Crippen MR) is 55.7 cm³/mol. The lowest BCUT2D eigenvalue weighted by Gasteiger charge is -2.03. The van der Waals surface area contributed by atoms with Gasteiger partial charge in [0.15, 0.2) is 0 Å². The Bertz CT molecular complexity index is 503. The predicted octanol–water partition coefficient (Wildman–Crippen LogP) is -0.804. The largest absolute Gasteiger partial charge is 0.330 e. The number of hydrogen-bond acceptors (Lipinski definition) is 5. The topological polar surface area (TPSA) is 109 Å². The molecule has 0 aromatic carbocycles. The smallest absolute Gasteiger partial charge is 0.236 e. The van der Waals surface area contributed by atoms with Crippen LogP contribution < -0.4 is 4.72 Å².